The summed E-state index contributed by atoms with van der Waals surface area (Å²) in [6.45, 7) is 1.32. The molecule has 1 saturated heterocycles. The highest BCUT2D eigenvalue weighted by molar-refractivity contribution is 5.68. The molecule has 1 aliphatic heterocycles. The smallest absolute Gasteiger partial charge is 0.407 e. The zero-order valence-corrected chi connectivity index (χ0v) is 10.6. The molecule has 1 fully saturated rings. The van der Waals surface area contributed by atoms with E-state index < -0.39 is 6.09 Å². The van der Waals surface area contributed by atoms with Crippen LogP contribution in [-0.4, -0.2) is 37.3 Å². The highest BCUT2D eigenvalue weighted by atomic mass is 16.5. The number of pyridine rings is 1. The molecule has 0 saturated carbocycles. The van der Waals surface area contributed by atoms with Crippen LogP contribution in [0.5, 0.6) is 0 Å². The van der Waals surface area contributed by atoms with Gasteiger partial charge < -0.3 is 20.7 Å². The number of nitriles is 1. The number of ether oxygens (including phenoxy) is 1. The van der Waals surface area contributed by atoms with Crippen molar-refractivity contribution in [2.75, 3.05) is 30.8 Å². The molecule has 0 spiro atoms. The van der Waals surface area contributed by atoms with Crippen LogP contribution in [0, 0.1) is 11.3 Å². The van der Waals surface area contributed by atoms with E-state index >= 15 is 0 Å². The second kappa shape index (κ2) is 5.44. The van der Waals surface area contributed by atoms with E-state index in [2.05, 4.69) is 21.1 Å². The molecule has 1 atom stereocenters. The van der Waals surface area contributed by atoms with E-state index in [1.165, 1.54) is 13.3 Å². The van der Waals surface area contributed by atoms with E-state index in [0.29, 0.717) is 23.6 Å². The van der Waals surface area contributed by atoms with E-state index in [-0.39, 0.29) is 6.04 Å². The number of amides is 1. The predicted molar refractivity (Wildman–Crippen MR) is 69.5 cm³/mol. The minimum atomic E-state index is -0.447. The first-order valence-electron chi connectivity index (χ1n) is 5.89. The standard InChI is InChI=1S/C12H15N5O2/c1-19-12(18)16-10-2-3-17(7-10)11-8(5-13)4-9(14)6-15-11/h4,6,10H,2-3,7,14H2,1H3,(H,16,18). The first kappa shape index (κ1) is 13.0. The lowest BCUT2D eigenvalue weighted by Gasteiger charge is -2.18. The van der Waals surface area contributed by atoms with Crippen molar-refractivity contribution >= 4 is 17.6 Å². The number of methoxy groups -OCH3 is 1. The monoisotopic (exact) mass is 261 g/mol. The number of nitrogen functional groups attached to an aromatic ring is 1. The Balaban J connectivity index is 2.09. The van der Waals surface area contributed by atoms with Crippen molar-refractivity contribution < 1.29 is 9.53 Å². The Bertz CT molecular complexity index is 525. The average molecular weight is 261 g/mol. The van der Waals surface area contributed by atoms with Crippen molar-refractivity contribution in [3.63, 3.8) is 0 Å². The molecule has 1 aromatic heterocycles. The van der Waals surface area contributed by atoms with Gasteiger partial charge in [0.15, 0.2) is 0 Å². The molecule has 2 heterocycles. The molecule has 100 valence electrons. The van der Waals surface area contributed by atoms with Gasteiger partial charge in [0.1, 0.15) is 11.9 Å². The molecule has 7 heteroatoms. The maximum Gasteiger partial charge on any atom is 0.407 e. The minimum absolute atomic E-state index is 0.00153. The van der Waals surface area contributed by atoms with Crippen LogP contribution in [0.1, 0.15) is 12.0 Å². The third-order valence-corrected chi connectivity index (χ3v) is 3.00. The Morgan fingerprint density at radius 3 is 3.21 bits per heavy atom. The van der Waals surface area contributed by atoms with Gasteiger partial charge in [-0.05, 0) is 12.5 Å². The molecule has 1 aromatic rings. The number of alkyl carbamates (subject to hydrolysis) is 1. The molecule has 7 nitrogen and oxygen atoms in total. The summed E-state index contributed by atoms with van der Waals surface area (Å²) in [6.07, 6.45) is 1.86. The van der Waals surface area contributed by atoms with Gasteiger partial charge in [-0.3, -0.25) is 0 Å². The van der Waals surface area contributed by atoms with Crippen LogP contribution in [0.25, 0.3) is 0 Å². The first-order valence-corrected chi connectivity index (χ1v) is 5.89. The predicted octanol–water partition coefficient (Wildman–Crippen LogP) is 0.470. The van der Waals surface area contributed by atoms with Crippen LogP contribution >= 0.6 is 0 Å². The molecule has 3 N–H and O–H groups in total. The summed E-state index contributed by atoms with van der Waals surface area (Å²) in [5.41, 5.74) is 6.51. The third-order valence-electron chi connectivity index (χ3n) is 3.00. The number of hydrogen-bond acceptors (Lipinski definition) is 6. The molecular formula is C12H15N5O2. The van der Waals surface area contributed by atoms with Crippen molar-refractivity contribution in [1.29, 1.82) is 5.26 Å². The fourth-order valence-electron chi connectivity index (χ4n) is 2.10. The molecule has 0 aromatic carbocycles. The minimum Gasteiger partial charge on any atom is -0.453 e. The number of hydrogen-bond donors (Lipinski definition) is 2. The van der Waals surface area contributed by atoms with E-state index in [1.807, 2.05) is 4.90 Å². The second-order valence-corrected chi connectivity index (χ2v) is 4.32. The van der Waals surface area contributed by atoms with Gasteiger partial charge >= 0.3 is 6.09 Å². The van der Waals surface area contributed by atoms with Crippen LogP contribution in [0.15, 0.2) is 12.3 Å². The molecule has 19 heavy (non-hydrogen) atoms. The van der Waals surface area contributed by atoms with Gasteiger partial charge in [-0.2, -0.15) is 5.26 Å². The highest BCUT2D eigenvalue weighted by Gasteiger charge is 2.26. The van der Waals surface area contributed by atoms with E-state index in [9.17, 15) is 4.79 Å². The molecule has 0 bridgehead atoms. The molecule has 1 unspecified atom stereocenters. The molecule has 0 radical (unpaired) electrons. The summed E-state index contributed by atoms with van der Waals surface area (Å²) < 4.78 is 4.56. The largest absolute Gasteiger partial charge is 0.453 e. The van der Waals surface area contributed by atoms with Gasteiger partial charge in [0.25, 0.3) is 0 Å². The number of nitrogens with zero attached hydrogens (tertiary/aromatic N) is 3. The topological polar surface area (TPSA) is 104 Å². The summed E-state index contributed by atoms with van der Waals surface area (Å²) in [4.78, 5) is 17.3. The highest BCUT2D eigenvalue weighted by Crippen LogP contribution is 2.23. The van der Waals surface area contributed by atoms with Crippen LogP contribution in [0.2, 0.25) is 0 Å². The van der Waals surface area contributed by atoms with Crippen molar-refractivity contribution in [2.45, 2.75) is 12.5 Å². The average Bonchev–Trinajstić information content (AvgIpc) is 2.86. The van der Waals surface area contributed by atoms with Gasteiger partial charge in [-0.1, -0.05) is 0 Å². The molecule has 0 aliphatic carbocycles. The maximum atomic E-state index is 11.1. The van der Waals surface area contributed by atoms with Crippen molar-refractivity contribution in [2.24, 2.45) is 0 Å². The van der Waals surface area contributed by atoms with E-state index in [1.54, 1.807) is 6.07 Å². The number of nitrogens with two attached hydrogens (primary N) is 1. The zero-order chi connectivity index (χ0) is 13.8. The van der Waals surface area contributed by atoms with Gasteiger partial charge in [0.05, 0.1) is 30.6 Å². The Kier molecular flexibility index (Phi) is 3.71. The molecular weight excluding hydrogens is 246 g/mol. The third kappa shape index (κ3) is 2.85. The number of carbonyl (C=O) groups excluding carboxylic acids is 1. The van der Waals surface area contributed by atoms with Gasteiger partial charge in [-0.25, -0.2) is 9.78 Å². The molecule has 2 rings (SSSR count). The van der Waals surface area contributed by atoms with Gasteiger partial charge in [0, 0.05) is 13.1 Å². The van der Waals surface area contributed by atoms with Gasteiger partial charge in [-0.15, -0.1) is 0 Å². The quantitative estimate of drug-likeness (QED) is 0.802. The number of carbonyl (C=O) groups is 1. The summed E-state index contributed by atoms with van der Waals surface area (Å²) in [5, 5.41) is 11.8. The fourth-order valence-corrected chi connectivity index (χ4v) is 2.10. The molecule has 1 aliphatic rings. The van der Waals surface area contributed by atoms with Crippen LogP contribution in [0.4, 0.5) is 16.3 Å². The normalized spacial score (nSPS) is 17.9. The van der Waals surface area contributed by atoms with Crippen molar-refractivity contribution in [3.05, 3.63) is 17.8 Å². The summed E-state index contributed by atoms with van der Waals surface area (Å²) in [6, 6.07) is 3.68. The lowest BCUT2D eigenvalue weighted by molar-refractivity contribution is 0.167. The van der Waals surface area contributed by atoms with Crippen LogP contribution < -0.4 is 16.0 Å². The number of anilines is 2. The van der Waals surface area contributed by atoms with Crippen molar-refractivity contribution in [3.8, 4) is 6.07 Å². The SMILES string of the molecule is COC(=O)NC1CCN(c2ncc(N)cc2C#N)C1. The fraction of sp³-hybridized carbons (Fsp3) is 0.417. The molecule has 1 amide bonds. The number of nitrogens with one attached hydrogen (secondary N) is 1. The Hall–Kier alpha value is -2.49. The lowest BCUT2D eigenvalue weighted by Crippen LogP contribution is -2.37. The lowest BCUT2D eigenvalue weighted by atomic mass is 10.2. The van der Waals surface area contributed by atoms with Crippen molar-refractivity contribution in [1.82, 2.24) is 10.3 Å². The zero-order valence-electron chi connectivity index (χ0n) is 10.6. The summed E-state index contributed by atoms with van der Waals surface area (Å²) >= 11 is 0. The summed E-state index contributed by atoms with van der Waals surface area (Å²) in [7, 11) is 1.33. The maximum absolute atomic E-state index is 11.1. The van der Waals surface area contributed by atoms with Crippen LogP contribution in [-0.2, 0) is 4.74 Å². The second-order valence-electron chi connectivity index (χ2n) is 4.32. The van der Waals surface area contributed by atoms with E-state index in [0.717, 1.165) is 13.0 Å². The van der Waals surface area contributed by atoms with E-state index in [4.69, 9.17) is 11.0 Å². The Labute approximate surface area is 111 Å². The van der Waals surface area contributed by atoms with Gasteiger partial charge in [0.2, 0.25) is 0 Å². The first-order chi connectivity index (χ1) is 9.13. The van der Waals surface area contributed by atoms with Crippen LogP contribution in [0.3, 0.4) is 0 Å². The Morgan fingerprint density at radius 2 is 2.53 bits per heavy atom. The number of aromatic nitrogens is 1. The summed E-state index contributed by atoms with van der Waals surface area (Å²) in [5.74, 6) is 0.603. The number of rotatable bonds is 2. The Morgan fingerprint density at radius 1 is 1.74 bits per heavy atom.